The summed E-state index contributed by atoms with van der Waals surface area (Å²) in [7, 11) is 2.12. The third-order valence-electron chi connectivity index (χ3n) is 8.77. The number of nitrogens with zero attached hydrogens (tertiary/aromatic N) is 1. The number of carbonyl (C=O) groups excluding carboxylic acids is 1. The average molecular weight is 611 g/mol. The number of fused-ring (bicyclic) bond motifs is 1. The van der Waals surface area contributed by atoms with Crippen molar-refractivity contribution in [3.05, 3.63) is 113 Å². The molecule has 1 aliphatic heterocycles. The van der Waals surface area contributed by atoms with Crippen molar-refractivity contribution in [1.29, 1.82) is 0 Å². The second-order valence-electron chi connectivity index (χ2n) is 12.0. The first-order valence-electron chi connectivity index (χ1n) is 15.5. The maximum atomic E-state index is 12.3. The molecule has 1 amide bonds. The fourth-order valence-corrected chi connectivity index (χ4v) is 5.84. The van der Waals surface area contributed by atoms with E-state index in [0.29, 0.717) is 12.2 Å². The summed E-state index contributed by atoms with van der Waals surface area (Å²) in [6.07, 6.45) is -0.616. The van der Waals surface area contributed by atoms with Gasteiger partial charge in [0.05, 0.1) is 18.8 Å². The Bertz CT molecular complexity index is 1590. The molecule has 5 atom stereocenters. The van der Waals surface area contributed by atoms with Gasteiger partial charge >= 0.3 is 5.97 Å². The molecule has 1 heterocycles. The summed E-state index contributed by atoms with van der Waals surface area (Å²) in [6.45, 7) is 5.04. The summed E-state index contributed by atoms with van der Waals surface area (Å²) in [5.41, 5.74) is 4.56. The molecule has 0 unspecified atom stereocenters. The molecule has 0 bridgehead atoms. The smallest absolute Gasteiger partial charge is 0.303 e. The third kappa shape index (κ3) is 8.15. The highest BCUT2D eigenvalue weighted by Gasteiger charge is 2.39. The maximum absolute atomic E-state index is 12.3. The van der Waals surface area contributed by atoms with Crippen molar-refractivity contribution in [2.45, 2.75) is 64.3 Å². The van der Waals surface area contributed by atoms with Crippen LogP contribution in [-0.2, 0) is 25.7 Å². The molecule has 0 radical (unpaired) electrons. The number of carboxylic acid groups (broad SMARTS) is 1. The van der Waals surface area contributed by atoms with Gasteiger partial charge in [0.2, 0.25) is 5.91 Å². The quantitative estimate of drug-likeness (QED) is 0.158. The van der Waals surface area contributed by atoms with E-state index in [4.69, 9.17) is 14.6 Å². The predicted octanol–water partition coefficient (Wildman–Crippen LogP) is 7.01. The normalized spacial score (nSPS) is 20.6. The lowest BCUT2D eigenvalue weighted by molar-refractivity contribution is -0.276. The van der Waals surface area contributed by atoms with Gasteiger partial charge in [0.15, 0.2) is 6.29 Å². The van der Waals surface area contributed by atoms with Gasteiger partial charge in [0, 0.05) is 42.6 Å². The average Bonchev–Trinajstić information content (AvgIpc) is 3.05. The van der Waals surface area contributed by atoms with Gasteiger partial charge in [-0.25, -0.2) is 0 Å². The zero-order valence-corrected chi connectivity index (χ0v) is 26.1. The lowest BCUT2D eigenvalue weighted by Crippen LogP contribution is -2.44. The van der Waals surface area contributed by atoms with Gasteiger partial charge in [-0.2, -0.15) is 0 Å². The Morgan fingerprint density at radius 1 is 0.889 bits per heavy atom. The van der Waals surface area contributed by atoms with Crippen molar-refractivity contribution in [2.75, 3.05) is 18.9 Å². The number of carboxylic acids is 1. The van der Waals surface area contributed by atoms with Crippen LogP contribution in [-0.4, -0.2) is 46.7 Å². The van der Waals surface area contributed by atoms with Crippen LogP contribution in [0.15, 0.2) is 91.0 Å². The zero-order valence-electron chi connectivity index (χ0n) is 26.1. The first-order chi connectivity index (χ1) is 21.7. The summed E-state index contributed by atoms with van der Waals surface area (Å²) < 4.78 is 13.3. The first-order valence-corrected chi connectivity index (χ1v) is 15.5. The molecular formula is C37H42N2O6. The minimum absolute atomic E-state index is 0.0182. The number of rotatable bonds is 12. The van der Waals surface area contributed by atoms with E-state index in [2.05, 4.69) is 73.6 Å². The monoisotopic (exact) mass is 610 g/mol. The van der Waals surface area contributed by atoms with E-state index in [1.165, 1.54) is 16.3 Å². The number of benzene rings is 4. The van der Waals surface area contributed by atoms with Crippen molar-refractivity contribution in [3.63, 3.8) is 0 Å². The molecule has 0 saturated carbocycles. The molecule has 1 saturated heterocycles. The Kier molecular flexibility index (Phi) is 10.6. The number of carbonyl (C=O) groups is 2. The largest absolute Gasteiger partial charge is 0.481 e. The van der Waals surface area contributed by atoms with E-state index in [9.17, 15) is 14.7 Å². The molecule has 3 N–H and O–H groups in total. The van der Waals surface area contributed by atoms with Gasteiger partial charge < -0.3 is 25.0 Å². The first kappa shape index (κ1) is 32.3. The van der Waals surface area contributed by atoms with Crippen molar-refractivity contribution >= 4 is 28.3 Å². The van der Waals surface area contributed by atoms with Crippen molar-refractivity contribution in [1.82, 2.24) is 4.90 Å². The predicted molar refractivity (Wildman–Crippen MR) is 175 cm³/mol. The van der Waals surface area contributed by atoms with E-state index in [1.54, 1.807) is 0 Å². The van der Waals surface area contributed by atoms with Crippen LogP contribution in [0.25, 0.3) is 10.8 Å². The Morgan fingerprint density at radius 3 is 2.27 bits per heavy atom. The van der Waals surface area contributed by atoms with Gasteiger partial charge in [-0.15, -0.1) is 0 Å². The summed E-state index contributed by atoms with van der Waals surface area (Å²) in [5.74, 6) is -1.10. The van der Waals surface area contributed by atoms with Gasteiger partial charge in [-0.05, 0) is 66.1 Å². The Balaban J connectivity index is 1.33. The lowest BCUT2D eigenvalue weighted by atomic mass is 9.89. The van der Waals surface area contributed by atoms with Gasteiger partial charge in [-0.1, -0.05) is 79.7 Å². The number of hydrogen-bond acceptors (Lipinski definition) is 6. The topological polar surface area (TPSA) is 108 Å². The van der Waals surface area contributed by atoms with E-state index < -0.39 is 12.3 Å². The van der Waals surface area contributed by atoms with E-state index >= 15 is 0 Å². The molecule has 5 rings (SSSR count). The SMILES string of the molecule is C[C@H]1[C@@H](CN(C)[C@H](C)c2ccc3ccccc3c2)O[C@@H](c2ccc(NC(=O)CCCC(=O)O)cc2)O[C@H]1c1ccc(CO)cc1. The Labute approximate surface area is 264 Å². The number of ether oxygens (including phenoxy) is 2. The number of likely N-dealkylation sites (N-methyl/N-ethyl adjacent to an activating group) is 1. The van der Waals surface area contributed by atoms with Crippen molar-refractivity contribution in [2.24, 2.45) is 5.92 Å². The van der Waals surface area contributed by atoms with Crippen LogP contribution in [0.1, 0.15) is 73.8 Å². The van der Waals surface area contributed by atoms with Crippen LogP contribution in [0.3, 0.4) is 0 Å². The van der Waals surface area contributed by atoms with Crippen LogP contribution in [0.5, 0.6) is 0 Å². The molecule has 0 aromatic heterocycles. The number of amides is 1. The number of hydrogen-bond donors (Lipinski definition) is 3. The van der Waals surface area contributed by atoms with E-state index in [-0.39, 0.29) is 55.9 Å². The molecule has 236 valence electrons. The minimum atomic E-state index is -0.913. The third-order valence-corrected chi connectivity index (χ3v) is 8.77. The van der Waals surface area contributed by atoms with E-state index in [1.807, 2.05) is 48.5 Å². The maximum Gasteiger partial charge on any atom is 0.303 e. The summed E-state index contributed by atoms with van der Waals surface area (Å²) in [6, 6.07) is 30.4. The number of anilines is 1. The van der Waals surface area contributed by atoms with Gasteiger partial charge in [0.1, 0.15) is 0 Å². The summed E-state index contributed by atoms with van der Waals surface area (Å²) in [4.78, 5) is 25.3. The van der Waals surface area contributed by atoms with Crippen molar-refractivity contribution < 1.29 is 29.3 Å². The number of nitrogens with one attached hydrogen (secondary N) is 1. The highest BCUT2D eigenvalue weighted by molar-refractivity contribution is 5.90. The highest BCUT2D eigenvalue weighted by Crippen LogP contribution is 2.42. The second kappa shape index (κ2) is 14.8. The fourth-order valence-electron chi connectivity index (χ4n) is 5.84. The zero-order chi connectivity index (χ0) is 31.9. The Morgan fingerprint density at radius 2 is 1.58 bits per heavy atom. The van der Waals surface area contributed by atoms with Gasteiger partial charge in [0.25, 0.3) is 0 Å². The Hall–Kier alpha value is -4.08. The van der Waals surface area contributed by atoms with E-state index in [0.717, 1.165) is 16.7 Å². The molecule has 45 heavy (non-hydrogen) atoms. The molecule has 0 spiro atoms. The second-order valence-corrected chi connectivity index (χ2v) is 12.0. The molecule has 1 aliphatic rings. The van der Waals surface area contributed by atoms with Crippen LogP contribution < -0.4 is 5.32 Å². The van der Waals surface area contributed by atoms with Crippen LogP contribution in [0, 0.1) is 5.92 Å². The molecule has 0 aliphatic carbocycles. The lowest BCUT2D eigenvalue weighted by Gasteiger charge is -2.43. The molecular weight excluding hydrogens is 568 g/mol. The standard InChI is InChI=1S/C37H42N2O6/c1-24-33(22-39(3)25(2)30-16-15-27-7-4-5-8-31(27)21-30)44-37(45-36(24)28-13-11-26(23-40)12-14-28)29-17-19-32(20-18-29)38-34(41)9-6-10-35(42)43/h4-5,7-8,11-21,24-25,33,36-37,40H,6,9-10,22-23H2,1-3H3,(H,38,41)(H,42,43)/t24-,25+,33+,36+,37+/m0/s1. The summed E-state index contributed by atoms with van der Waals surface area (Å²) in [5, 5.41) is 23.6. The minimum Gasteiger partial charge on any atom is -0.481 e. The highest BCUT2D eigenvalue weighted by atomic mass is 16.7. The summed E-state index contributed by atoms with van der Waals surface area (Å²) >= 11 is 0. The van der Waals surface area contributed by atoms with Crippen molar-refractivity contribution in [3.8, 4) is 0 Å². The molecule has 1 fully saturated rings. The van der Waals surface area contributed by atoms with Gasteiger partial charge in [-0.3, -0.25) is 14.5 Å². The fraction of sp³-hybridized carbons (Fsp3) is 0.351. The number of aliphatic hydroxyl groups is 1. The van der Waals surface area contributed by atoms with Crippen LogP contribution in [0.2, 0.25) is 0 Å². The van der Waals surface area contributed by atoms with Crippen LogP contribution >= 0.6 is 0 Å². The number of aliphatic carboxylic acids is 1. The number of aliphatic hydroxyl groups excluding tert-OH is 1. The molecule has 8 heteroatoms. The molecule has 4 aromatic carbocycles. The van der Waals surface area contributed by atoms with Crippen LogP contribution in [0.4, 0.5) is 5.69 Å². The molecule has 4 aromatic rings. The molecule has 8 nitrogen and oxygen atoms in total.